The SMILES string of the molecule is CC1(C)CC(c2ccccc2)Nc2c(C(=O)N3CCC(C(N)=O)CC3)cnn21. The number of amides is 2. The zero-order chi connectivity index (χ0) is 19.9. The van der Waals surface area contributed by atoms with Crippen LogP contribution < -0.4 is 11.1 Å². The number of primary amides is 1. The van der Waals surface area contributed by atoms with Gasteiger partial charge < -0.3 is 16.0 Å². The Bertz CT molecular complexity index is 881. The molecule has 28 heavy (non-hydrogen) atoms. The van der Waals surface area contributed by atoms with Crippen LogP contribution in [0, 0.1) is 5.92 Å². The molecule has 7 heteroatoms. The Hall–Kier alpha value is -2.83. The van der Waals surface area contributed by atoms with E-state index in [1.165, 1.54) is 5.56 Å². The predicted molar refractivity (Wildman–Crippen MR) is 107 cm³/mol. The smallest absolute Gasteiger partial charge is 0.259 e. The van der Waals surface area contributed by atoms with Gasteiger partial charge in [0.25, 0.3) is 5.91 Å². The Balaban J connectivity index is 1.59. The summed E-state index contributed by atoms with van der Waals surface area (Å²) in [5.74, 6) is 0.321. The number of rotatable bonds is 3. The van der Waals surface area contributed by atoms with Gasteiger partial charge in [-0.3, -0.25) is 9.59 Å². The van der Waals surface area contributed by atoms with Crippen LogP contribution in [0.2, 0.25) is 0 Å². The largest absolute Gasteiger partial charge is 0.369 e. The molecule has 1 atom stereocenters. The van der Waals surface area contributed by atoms with Crippen LogP contribution in [0.25, 0.3) is 0 Å². The minimum atomic E-state index is -0.274. The molecule has 3 N–H and O–H groups in total. The van der Waals surface area contributed by atoms with Crippen molar-refractivity contribution in [3.63, 3.8) is 0 Å². The molecule has 0 bridgehead atoms. The van der Waals surface area contributed by atoms with E-state index in [1.54, 1.807) is 11.1 Å². The first-order chi connectivity index (χ1) is 13.4. The fraction of sp³-hybridized carbons (Fsp3) is 0.476. The van der Waals surface area contributed by atoms with Crippen molar-refractivity contribution >= 4 is 17.6 Å². The van der Waals surface area contributed by atoms with Gasteiger partial charge in [-0.1, -0.05) is 30.3 Å². The van der Waals surface area contributed by atoms with Gasteiger partial charge >= 0.3 is 0 Å². The summed E-state index contributed by atoms with van der Waals surface area (Å²) in [6.07, 6.45) is 3.79. The van der Waals surface area contributed by atoms with Crippen LogP contribution in [0.3, 0.4) is 0 Å². The first kappa shape index (κ1) is 18.5. The number of nitrogens with one attached hydrogen (secondary N) is 1. The van der Waals surface area contributed by atoms with Gasteiger partial charge in [0, 0.05) is 19.0 Å². The molecule has 2 amide bonds. The lowest BCUT2D eigenvalue weighted by atomic mass is 9.89. The summed E-state index contributed by atoms with van der Waals surface area (Å²) in [6, 6.07) is 10.4. The Kier molecular flexibility index (Phi) is 4.61. The van der Waals surface area contributed by atoms with Crippen molar-refractivity contribution in [2.45, 2.75) is 44.7 Å². The number of benzene rings is 1. The van der Waals surface area contributed by atoms with Crippen LogP contribution in [0.4, 0.5) is 5.82 Å². The second-order valence-corrected chi connectivity index (χ2v) is 8.41. The molecule has 0 aliphatic carbocycles. The molecule has 4 rings (SSSR count). The van der Waals surface area contributed by atoms with Gasteiger partial charge in [0.1, 0.15) is 11.4 Å². The summed E-state index contributed by atoms with van der Waals surface area (Å²) in [6.45, 7) is 5.38. The molecule has 0 spiro atoms. The third kappa shape index (κ3) is 3.25. The standard InChI is InChI=1S/C21H27N5O2/c1-21(2)12-17(14-6-4-3-5-7-14)24-19-16(13-23-26(19)21)20(28)25-10-8-15(9-11-25)18(22)27/h3-7,13,15,17,24H,8-12H2,1-2H3,(H2,22,27). The van der Waals surface area contributed by atoms with Crippen molar-refractivity contribution in [3.8, 4) is 0 Å². The van der Waals surface area contributed by atoms with E-state index in [4.69, 9.17) is 5.73 Å². The highest BCUT2D eigenvalue weighted by atomic mass is 16.2. The highest BCUT2D eigenvalue weighted by Gasteiger charge is 2.38. The van der Waals surface area contributed by atoms with Crippen LogP contribution in [-0.2, 0) is 10.3 Å². The maximum Gasteiger partial charge on any atom is 0.259 e. The quantitative estimate of drug-likeness (QED) is 0.854. The predicted octanol–water partition coefficient (Wildman–Crippen LogP) is 2.51. The van der Waals surface area contributed by atoms with Gasteiger partial charge in [-0.2, -0.15) is 5.10 Å². The van der Waals surface area contributed by atoms with Crippen molar-refractivity contribution in [2.75, 3.05) is 18.4 Å². The van der Waals surface area contributed by atoms with Gasteiger partial charge in [0.2, 0.25) is 5.91 Å². The van der Waals surface area contributed by atoms with E-state index in [9.17, 15) is 9.59 Å². The van der Waals surface area contributed by atoms with Gasteiger partial charge in [0.15, 0.2) is 0 Å². The number of carbonyl (C=O) groups is 2. The van der Waals surface area contributed by atoms with Gasteiger partial charge in [0.05, 0.1) is 17.8 Å². The third-order valence-electron chi connectivity index (χ3n) is 5.97. The lowest BCUT2D eigenvalue weighted by Crippen LogP contribution is -2.42. The molecule has 1 aromatic carbocycles. The summed E-state index contributed by atoms with van der Waals surface area (Å²) >= 11 is 0. The second-order valence-electron chi connectivity index (χ2n) is 8.41. The molecule has 1 aromatic heterocycles. The first-order valence-electron chi connectivity index (χ1n) is 9.85. The van der Waals surface area contributed by atoms with E-state index in [-0.39, 0.29) is 29.3 Å². The van der Waals surface area contributed by atoms with Crippen LogP contribution in [0.1, 0.15) is 55.1 Å². The minimum Gasteiger partial charge on any atom is -0.369 e. The number of anilines is 1. The van der Waals surface area contributed by atoms with Crippen molar-refractivity contribution < 1.29 is 9.59 Å². The number of likely N-dealkylation sites (tertiary alicyclic amines) is 1. The topological polar surface area (TPSA) is 93.2 Å². The molecule has 2 aliphatic heterocycles. The fourth-order valence-electron chi connectivity index (χ4n) is 4.33. The van der Waals surface area contributed by atoms with Crippen molar-refractivity contribution in [3.05, 3.63) is 47.7 Å². The van der Waals surface area contributed by atoms with Crippen molar-refractivity contribution in [2.24, 2.45) is 11.7 Å². The average molecular weight is 381 g/mol. The number of aromatic nitrogens is 2. The van der Waals surface area contributed by atoms with Gasteiger partial charge in [-0.15, -0.1) is 0 Å². The van der Waals surface area contributed by atoms with E-state index >= 15 is 0 Å². The van der Waals surface area contributed by atoms with Crippen molar-refractivity contribution in [1.29, 1.82) is 0 Å². The fourth-order valence-corrected chi connectivity index (χ4v) is 4.33. The van der Waals surface area contributed by atoms with Crippen LogP contribution in [0.5, 0.6) is 0 Å². The van der Waals surface area contributed by atoms with Crippen LogP contribution >= 0.6 is 0 Å². The number of hydrogen-bond acceptors (Lipinski definition) is 4. The molecule has 148 valence electrons. The van der Waals surface area contributed by atoms with E-state index in [1.807, 2.05) is 22.9 Å². The number of hydrogen-bond donors (Lipinski definition) is 2. The van der Waals surface area contributed by atoms with Gasteiger partial charge in [-0.05, 0) is 38.7 Å². The molecule has 0 saturated carbocycles. The van der Waals surface area contributed by atoms with Crippen LogP contribution in [0.15, 0.2) is 36.5 Å². The van der Waals surface area contributed by atoms with E-state index < -0.39 is 0 Å². The molecular weight excluding hydrogens is 354 g/mol. The summed E-state index contributed by atoms with van der Waals surface area (Å²) in [4.78, 5) is 26.4. The molecule has 2 aliphatic rings. The molecular formula is C21H27N5O2. The molecule has 1 unspecified atom stereocenters. The minimum absolute atomic E-state index is 0.0406. The lowest BCUT2D eigenvalue weighted by molar-refractivity contribution is -0.123. The van der Waals surface area contributed by atoms with E-state index in [0.717, 1.165) is 12.2 Å². The molecule has 7 nitrogen and oxygen atoms in total. The van der Waals surface area contributed by atoms with E-state index in [0.29, 0.717) is 31.5 Å². The molecule has 2 aromatic rings. The zero-order valence-corrected chi connectivity index (χ0v) is 16.4. The van der Waals surface area contributed by atoms with Gasteiger partial charge in [-0.25, -0.2) is 4.68 Å². The first-order valence-corrected chi connectivity index (χ1v) is 9.85. The number of fused-ring (bicyclic) bond motifs is 1. The highest BCUT2D eigenvalue weighted by molar-refractivity contribution is 5.99. The third-order valence-corrected chi connectivity index (χ3v) is 5.97. The maximum absolute atomic E-state index is 13.2. The maximum atomic E-state index is 13.2. The summed E-state index contributed by atoms with van der Waals surface area (Å²) in [7, 11) is 0. The van der Waals surface area contributed by atoms with Crippen molar-refractivity contribution in [1.82, 2.24) is 14.7 Å². The summed E-state index contributed by atoms with van der Waals surface area (Å²) < 4.78 is 1.93. The molecule has 1 fully saturated rings. The summed E-state index contributed by atoms with van der Waals surface area (Å²) in [5, 5.41) is 8.07. The van der Waals surface area contributed by atoms with E-state index in [2.05, 4.69) is 36.4 Å². The number of nitrogens with two attached hydrogens (primary N) is 1. The zero-order valence-electron chi connectivity index (χ0n) is 16.4. The Morgan fingerprint density at radius 3 is 2.50 bits per heavy atom. The Morgan fingerprint density at radius 1 is 1.18 bits per heavy atom. The van der Waals surface area contributed by atoms with Crippen LogP contribution in [-0.4, -0.2) is 39.6 Å². The number of piperidine rings is 1. The normalized spacial score (nSPS) is 21.6. The summed E-state index contributed by atoms with van der Waals surface area (Å²) in [5.41, 5.74) is 6.99. The Labute approximate surface area is 164 Å². The second kappa shape index (κ2) is 6.96. The number of carbonyl (C=O) groups excluding carboxylic acids is 2. The molecule has 1 saturated heterocycles. The number of nitrogens with zero attached hydrogens (tertiary/aromatic N) is 3. The highest BCUT2D eigenvalue weighted by Crippen LogP contribution is 2.40. The molecule has 0 radical (unpaired) electrons. The monoisotopic (exact) mass is 381 g/mol. The Morgan fingerprint density at radius 2 is 1.86 bits per heavy atom. The molecule has 3 heterocycles. The lowest BCUT2D eigenvalue weighted by Gasteiger charge is -2.38. The average Bonchev–Trinajstić information content (AvgIpc) is 3.13.